The first-order chi connectivity index (χ1) is 33.8. The number of fused-ring (bicyclic) bond motifs is 6. The van der Waals surface area contributed by atoms with E-state index in [1.165, 1.54) is 77.9 Å². The zero-order chi connectivity index (χ0) is 48.3. The molecule has 0 bridgehead atoms. The molecule has 0 saturated heterocycles. The maximum Gasteiger partial charge on any atom is 0.0630 e. The van der Waals surface area contributed by atoms with Gasteiger partial charge in [-0.05, 0) is 174 Å². The number of pyridine rings is 1. The second kappa shape index (κ2) is 17.5. The summed E-state index contributed by atoms with van der Waals surface area (Å²) < 4.78 is 0. The highest BCUT2D eigenvalue weighted by Gasteiger charge is 2.37. The number of hydrogen-bond acceptors (Lipinski definition) is 3. The number of aryl methyl sites for hydroxylation is 4. The van der Waals surface area contributed by atoms with Crippen LogP contribution in [0, 0.1) is 27.7 Å². The summed E-state index contributed by atoms with van der Waals surface area (Å²) >= 11 is 0. The van der Waals surface area contributed by atoms with Gasteiger partial charge in [0.25, 0.3) is 0 Å². The van der Waals surface area contributed by atoms with Gasteiger partial charge in [-0.2, -0.15) is 0 Å². The van der Waals surface area contributed by atoms with Crippen LogP contribution in [0.1, 0.15) is 94.6 Å². The van der Waals surface area contributed by atoms with Gasteiger partial charge in [0.05, 0.1) is 5.69 Å². The van der Waals surface area contributed by atoms with Gasteiger partial charge in [0, 0.05) is 51.2 Å². The van der Waals surface area contributed by atoms with Crippen molar-refractivity contribution in [3.63, 3.8) is 0 Å². The highest BCUT2D eigenvalue weighted by Crippen LogP contribution is 2.53. The summed E-state index contributed by atoms with van der Waals surface area (Å²) in [5.74, 6) is 0. The summed E-state index contributed by atoms with van der Waals surface area (Å²) in [7, 11) is 0. The molecular formula is C67H59N3. The first-order valence-electron chi connectivity index (χ1n) is 24.6. The lowest BCUT2D eigenvalue weighted by Crippen LogP contribution is -2.16. The molecule has 0 aliphatic heterocycles. The molecule has 1 heterocycles. The van der Waals surface area contributed by atoms with Gasteiger partial charge in [-0.1, -0.05) is 171 Å². The lowest BCUT2D eigenvalue weighted by atomic mass is 9.81. The van der Waals surface area contributed by atoms with Crippen LogP contribution in [0.5, 0.6) is 0 Å². The largest absolute Gasteiger partial charge is 0.310 e. The summed E-state index contributed by atoms with van der Waals surface area (Å²) in [5, 5.41) is 0. The molecule has 0 fully saturated rings. The van der Waals surface area contributed by atoms with Crippen LogP contribution >= 0.6 is 0 Å². The molecule has 3 heteroatoms. The Hall–Kier alpha value is -8.01. The molecule has 2 aliphatic carbocycles. The van der Waals surface area contributed by atoms with Gasteiger partial charge in [-0.25, -0.2) is 0 Å². The van der Waals surface area contributed by atoms with Gasteiger partial charge in [-0.3, -0.25) is 4.98 Å². The van der Waals surface area contributed by atoms with Gasteiger partial charge in [0.15, 0.2) is 0 Å². The van der Waals surface area contributed by atoms with Crippen LogP contribution in [0.3, 0.4) is 0 Å². The molecule has 0 unspecified atom stereocenters. The molecule has 342 valence electrons. The molecule has 70 heavy (non-hydrogen) atoms. The summed E-state index contributed by atoms with van der Waals surface area (Å²) in [6, 6.07) is 67.3. The fourth-order valence-electron chi connectivity index (χ4n) is 10.6. The van der Waals surface area contributed by atoms with E-state index in [1.54, 1.807) is 0 Å². The summed E-state index contributed by atoms with van der Waals surface area (Å²) in [4.78, 5) is 9.60. The van der Waals surface area contributed by atoms with Gasteiger partial charge in [0.1, 0.15) is 0 Å². The molecular weight excluding hydrogens is 847 g/mol. The molecule has 8 aromatic carbocycles. The van der Waals surface area contributed by atoms with E-state index < -0.39 is 0 Å². The number of rotatable bonds is 10. The Balaban J connectivity index is 0.797. The highest BCUT2D eigenvalue weighted by molar-refractivity contribution is 5.89. The Labute approximate surface area is 414 Å². The molecule has 0 saturated carbocycles. The fourth-order valence-corrected chi connectivity index (χ4v) is 10.6. The maximum atomic E-state index is 4.86. The van der Waals surface area contributed by atoms with Crippen LogP contribution in [-0.4, -0.2) is 4.98 Å². The number of anilines is 6. The highest BCUT2D eigenvalue weighted by atomic mass is 15.1. The van der Waals surface area contributed by atoms with Crippen molar-refractivity contribution in [2.45, 2.75) is 66.2 Å². The van der Waals surface area contributed by atoms with E-state index in [9.17, 15) is 0 Å². The van der Waals surface area contributed by atoms with Crippen LogP contribution in [0.15, 0.2) is 188 Å². The Bertz CT molecular complexity index is 3150. The van der Waals surface area contributed by atoms with Gasteiger partial charge in [-0.15, -0.1) is 0 Å². The smallest absolute Gasteiger partial charge is 0.0630 e. The molecule has 0 atom stereocenters. The monoisotopic (exact) mass is 905 g/mol. The van der Waals surface area contributed by atoms with Crippen molar-refractivity contribution in [2.24, 2.45) is 0 Å². The van der Waals surface area contributed by atoms with E-state index in [0.717, 1.165) is 45.4 Å². The van der Waals surface area contributed by atoms with Crippen LogP contribution in [0.2, 0.25) is 0 Å². The zero-order valence-electron chi connectivity index (χ0n) is 41.5. The quantitative estimate of drug-likeness (QED) is 0.136. The average Bonchev–Trinajstić information content (AvgIpc) is 3.73. The average molecular weight is 906 g/mol. The third-order valence-electron chi connectivity index (χ3n) is 14.8. The standard InChI is InChI=1S/C67H59N3/c1-44-9-25-52(26-10-44)69(53-27-11-45(2)12-28-53)56-33-37-60-58-35-21-48(39-62(58)66(5,6)64(60)41-56)17-18-50-20-24-51(68-43-50)23-19-49-22-36-59-61-38-34-57(42-65(61)67(7,8)63(59)40-49)70(54-29-13-46(3)14-30-54)55-31-15-47(4)16-32-55/h9-43H,1-8H3/b18-17+,23-19+. The second-order valence-electron chi connectivity index (χ2n) is 20.5. The van der Waals surface area contributed by atoms with E-state index in [2.05, 4.69) is 271 Å². The zero-order valence-corrected chi connectivity index (χ0v) is 41.5. The number of aromatic nitrogens is 1. The van der Waals surface area contributed by atoms with Crippen molar-refractivity contribution in [1.82, 2.24) is 4.98 Å². The van der Waals surface area contributed by atoms with Crippen molar-refractivity contribution < 1.29 is 0 Å². The van der Waals surface area contributed by atoms with E-state index >= 15 is 0 Å². The van der Waals surface area contributed by atoms with Crippen molar-refractivity contribution in [2.75, 3.05) is 9.80 Å². The third-order valence-corrected chi connectivity index (χ3v) is 14.8. The lowest BCUT2D eigenvalue weighted by molar-refractivity contribution is 0.660. The number of hydrogen-bond donors (Lipinski definition) is 0. The van der Waals surface area contributed by atoms with E-state index in [0.29, 0.717) is 0 Å². The summed E-state index contributed by atoms with van der Waals surface area (Å²) in [5.41, 5.74) is 26.6. The van der Waals surface area contributed by atoms with E-state index in [-0.39, 0.29) is 10.8 Å². The first kappa shape index (κ1) is 44.5. The van der Waals surface area contributed by atoms with E-state index in [4.69, 9.17) is 4.98 Å². The number of nitrogens with zero attached hydrogens (tertiary/aromatic N) is 3. The molecule has 0 spiro atoms. The van der Waals surface area contributed by atoms with Gasteiger partial charge in [0.2, 0.25) is 0 Å². The Kier molecular flexibility index (Phi) is 11.1. The van der Waals surface area contributed by atoms with Crippen molar-refractivity contribution in [3.05, 3.63) is 255 Å². The van der Waals surface area contributed by atoms with Crippen LogP contribution < -0.4 is 9.80 Å². The molecule has 2 aliphatic rings. The minimum atomic E-state index is -0.170. The minimum Gasteiger partial charge on any atom is -0.310 e. The topological polar surface area (TPSA) is 19.4 Å². The molecule has 0 amide bonds. The number of benzene rings is 8. The minimum absolute atomic E-state index is 0.167. The predicted octanol–water partition coefficient (Wildman–Crippen LogP) is 18.2. The fraction of sp³-hybridized carbons (Fsp3) is 0.149. The normalized spacial score (nSPS) is 13.8. The SMILES string of the molecule is Cc1ccc(N(c2ccc(C)cc2)c2ccc3c(c2)C(C)(C)c2cc(/C=C/c4ccc(/C=C/c5ccc6c(c5)C(C)(C)c5cc(N(c7ccc(C)cc7)c7ccc(C)cc7)ccc5-6)nc4)ccc2-3)cc1. The molecule has 1 aromatic heterocycles. The second-order valence-corrected chi connectivity index (χ2v) is 20.5. The third kappa shape index (κ3) is 8.16. The summed E-state index contributed by atoms with van der Waals surface area (Å²) in [6.45, 7) is 18.0. The predicted molar refractivity (Wildman–Crippen MR) is 298 cm³/mol. The lowest BCUT2D eigenvalue weighted by Gasteiger charge is -2.28. The Morgan fingerprint density at radius 3 is 0.971 bits per heavy atom. The first-order valence-corrected chi connectivity index (χ1v) is 24.6. The van der Waals surface area contributed by atoms with Gasteiger partial charge >= 0.3 is 0 Å². The van der Waals surface area contributed by atoms with Crippen molar-refractivity contribution >= 4 is 58.4 Å². The van der Waals surface area contributed by atoms with Crippen molar-refractivity contribution in [3.8, 4) is 22.3 Å². The Morgan fingerprint density at radius 1 is 0.314 bits per heavy atom. The van der Waals surface area contributed by atoms with Crippen LogP contribution in [-0.2, 0) is 10.8 Å². The van der Waals surface area contributed by atoms with Crippen LogP contribution in [0.4, 0.5) is 34.1 Å². The van der Waals surface area contributed by atoms with Crippen molar-refractivity contribution in [1.29, 1.82) is 0 Å². The Morgan fingerprint density at radius 2 is 0.614 bits per heavy atom. The molecule has 0 radical (unpaired) electrons. The molecule has 0 N–H and O–H groups in total. The molecule has 3 nitrogen and oxygen atoms in total. The van der Waals surface area contributed by atoms with E-state index in [1.807, 2.05) is 6.20 Å². The van der Waals surface area contributed by atoms with Crippen LogP contribution in [0.25, 0.3) is 46.6 Å². The van der Waals surface area contributed by atoms with Gasteiger partial charge < -0.3 is 9.80 Å². The maximum absolute atomic E-state index is 4.86. The molecule has 11 rings (SSSR count). The molecule has 9 aromatic rings. The summed E-state index contributed by atoms with van der Waals surface area (Å²) in [6.07, 6.45) is 10.7.